The molecule has 1 saturated heterocycles. The summed E-state index contributed by atoms with van der Waals surface area (Å²) in [7, 11) is 1.50. The SMILES string of the molecule is C=C(C)COc1cccc(NC(=O)N2CCN(C(=O)COC)CC2)c1. The Labute approximate surface area is 148 Å². The molecule has 0 radical (unpaired) electrons. The summed E-state index contributed by atoms with van der Waals surface area (Å²) >= 11 is 0. The van der Waals surface area contributed by atoms with Gasteiger partial charge in [0, 0.05) is 45.0 Å². The molecular formula is C18H25N3O4. The standard InChI is InChI=1S/C18H25N3O4/c1-14(2)12-25-16-6-4-5-15(11-16)19-18(23)21-9-7-20(8-10-21)17(22)13-24-3/h4-6,11H,1,7-10,12-13H2,2-3H3,(H,19,23). The van der Waals surface area contributed by atoms with E-state index in [9.17, 15) is 9.59 Å². The van der Waals surface area contributed by atoms with Crippen molar-refractivity contribution in [1.29, 1.82) is 0 Å². The summed E-state index contributed by atoms with van der Waals surface area (Å²) in [5.41, 5.74) is 1.59. The molecular weight excluding hydrogens is 322 g/mol. The molecule has 0 saturated carbocycles. The van der Waals surface area contributed by atoms with E-state index in [0.717, 1.165) is 5.57 Å². The van der Waals surface area contributed by atoms with E-state index in [1.165, 1.54) is 7.11 Å². The summed E-state index contributed by atoms with van der Waals surface area (Å²) < 4.78 is 10.4. The van der Waals surface area contributed by atoms with Crippen LogP contribution in [0.15, 0.2) is 36.4 Å². The Kier molecular flexibility index (Phi) is 6.82. The quantitative estimate of drug-likeness (QED) is 0.799. The van der Waals surface area contributed by atoms with Crippen LogP contribution in [0.2, 0.25) is 0 Å². The monoisotopic (exact) mass is 347 g/mol. The van der Waals surface area contributed by atoms with Crippen molar-refractivity contribution in [2.45, 2.75) is 6.92 Å². The fourth-order valence-electron chi connectivity index (χ4n) is 2.45. The topological polar surface area (TPSA) is 71.1 Å². The lowest BCUT2D eigenvalue weighted by atomic mass is 10.3. The summed E-state index contributed by atoms with van der Waals surface area (Å²) in [5.74, 6) is 0.626. The lowest BCUT2D eigenvalue weighted by Crippen LogP contribution is -2.52. The molecule has 7 heteroatoms. The zero-order valence-corrected chi connectivity index (χ0v) is 14.8. The molecule has 1 heterocycles. The van der Waals surface area contributed by atoms with Crippen LogP contribution in [0.5, 0.6) is 5.75 Å². The van der Waals surface area contributed by atoms with Crippen LogP contribution in [0, 0.1) is 0 Å². The third-order valence-electron chi connectivity index (χ3n) is 3.76. The Morgan fingerprint density at radius 2 is 1.84 bits per heavy atom. The number of rotatable bonds is 6. The second-order valence-corrected chi connectivity index (χ2v) is 6.00. The van der Waals surface area contributed by atoms with Crippen LogP contribution in [0.3, 0.4) is 0 Å². The van der Waals surface area contributed by atoms with Gasteiger partial charge in [-0.2, -0.15) is 0 Å². The molecule has 1 aliphatic heterocycles. The number of piperazine rings is 1. The maximum absolute atomic E-state index is 12.4. The molecule has 0 aromatic heterocycles. The van der Waals surface area contributed by atoms with Gasteiger partial charge in [0.25, 0.3) is 0 Å². The highest BCUT2D eigenvalue weighted by molar-refractivity contribution is 5.89. The molecule has 0 unspecified atom stereocenters. The number of hydrogen-bond donors (Lipinski definition) is 1. The van der Waals surface area contributed by atoms with Crippen molar-refractivity contribution >= 4 is 17.6 Å². The Balaban J connectivity index is 1.85. The molecule has 1 N–H and O–H groups in total. The van der Waals surface area contributed by atoms with Gasteiger partial charge in [-0.3, -0.25) is 4.79 Å². The first-order valence-corrected chi connectivity index (χ1v) is 8.19. The fourth-order valence-corrected chi connectivity index (χ4v) is 2.45. The first kappa shape index (κ1) is 18.8. The lowest BCUT2D eigenvalue weighted by molar-refractivity contribution is -0.136. The van der Waals surface area contributed by atoms with E-state index >= 15 is 0 Å². The predicted molar refractivity (Wildman–Crippen MR) is 95.8 cm³/mol. The molecule has 0 bridgehead atoms. The van der Waals surface area contributed by atoms with Crippen LogP contribution in [0.4, 0.5) is 10.5 Å². The number of anilines is 1. The van der Waals surface area contributed by atoms with Crippen molar-refractivity contribution in [3.63, 3.8) is 0 Å². The highest BCUT2D eigenvalue weighted by Crippen LogP contribution is 2.18. The Morgan fingerprint density at radius 3 is 2.48 bits per heavy atom. The van der Waals surface area contributed by atoms with E-state index in [4.69, 9.17) is 9.47 Å². The molecule has 1 aromatic rings. The van der Waals surface area contributed by atoms with E-state index < -0.39 is 0 Å². The van der Waals surface area contributed by atoms with Crippen molar-refractivity contribution in [2.75, 3.05) is 51.8 Å². The molecule has 7 nitrogen and oxygen atoms in total. The van der Waals surface area contributed by atoms with Gasteiger partial charge in [-0.15, -0.1) is 0 Å². The zero-order valence-electron chi connectivity index (χ0n) is 14.8. The molecule has 136 valence electrons. The minimum absolute atomic E-state index is 0.0510. The van der Waals surface area contributed by atoms with E-state index in [-0.39, 0.29) is 18.5 Å². The molecule has 0 atom stereocenters. The summed E-state index contributed by atoms with van der Waals surface area (Å²) in [6.07, 6.45) is 0. The molecule has 25 heavy (non-hydrogen) atoms. The van der Waals surface area contributed by atoms with E-state index in [0.29, 0.717) is 44.2 Å². The summed E-state index contributed by atoms with van der Waals surface area (Å²) in [5, 5.41) is 2.87. The average molecular weight is 347 g/mol. The smallest absolute Gasteiger partial charge is 0.321 e. The number of nitrogens with zero attached hydrogens (tertiary/aromatic N) is 2. The van der Waals surface area contributed by atoms with Crippen LogP contribution in [-0.2, 0) is 9.53 Å². The number of carbonyl (C=O) groups is 2. The number of carbonyl (C=O) groups excluding carboxylic acids is 2. The third-order valence-corrected chi connectivity index (χ3v) is 3.76. The maximum Gasteiger partial charge on any atom is 0.321 e. The number of amides is 3. The van der Waals surface area contributed by atoms with E-state index in [2.05, 4.69) is 11.9 Å². The number of methoxy groups -OCH3 is 1. The predicted octanol–water partition coefficient (Wildman–Crippen LogP) is 1.96. The molecule has 0 spiro atoms. The second-order valence-electron chi connectivity index (χ2n) is 6.00. The minimum atomic E-state index is -0.184. The summed E-state index contributed by atoms with van der Waals surface area (Å²) in [6, 6.07) is 7.06. The van der Waals surface area contributed by atoms with Gasteiger partial charge < -0.3 is 24.6 Å². The van der Waals surface area contributed by atoms with Crippen LogP contribution in [-0.4, -0.2) is 68.2 Å². The van der Waals surface area contributed by atoms with Crippen LogP contribution in [0.25, 0.3) is 0 Å². The van der Waals surface area contributed by atoms with Gasteiger partial charge in [0.2, 0.25) is 5.91 Å². The third kappa shape index (κ3) is 5.79. The Hall–Kier alpha value is -2.54. The highest BCUT2D eigenvalue weighted by Gasteiger charge is 2.23. The number of hydrogen-bond acceptors (Lipinski definition) is 4. The second kappa shape index (κ2) is 9.08. The van der Waals surface area contributed by atoms with Crippen molar-refractivity contribution in [3.05, 3.63) is 36.4 Å². The van der Waals surface area contributed by atoms with Crippen molar-refractivity contribution in [3.8, 4) is 5.75 Å². The number of benzene rings is 1. The first-order valence-electron chi connectivity index (χ1n) is 8.19. The number of ether oxygens (including phenoxy) is 2. The van der Waals surface area contributed by atoms with Crippen molar-refractivity contribution < 1.29 is 19.1 Å². The van der Waals surface area contributed by atoms with Gasteiger partial charge >= 0.3 is 6.03 Å². The van der Waals surface area contributed by atoms with Gasteiger partial charge in [-0.25, -0.2) is 4.79 Å². The molecule has 1 fully saturated rings. The largest absolute Gasteiger partial charge is 0.489 e. The first-order chi connectivity index (χ1) is 12.0. The van der Waals surface area contributed by atoms with Crippen LogP contribution < -0.4 is 10.1 Å². The lowest BCUT2D eigenvalue weighted by Gasteiger charge is -2.34. The van der Waals surface area contributed by atoms with E-state index in [1.54, 1.807) is 15.9 Å². The van der Waals surface area contributed by atoms with Crippen molar-refractivity contribution in [1.82, 2.24) is 9.80 Å². The van der Waals surface area contributed by atoms with Crippen LogP contribution in [0.1, 0.15) is 6.92 Å². The van der Waals surface area contributed by atoms with Gasteiger partial charge in [0.05, 0.1) is 0 Å². The molecule has 1 aromatic carbocycles. The van der Waals surface area contributed by atoms with Gasteiger partial charge in [0.15, 0.2) is 0 Å². The van der Waals surface area contributed by atoms with Gasteiger partial charge in [-0.05, 0) is 24.6 Å². The zero-order chi connectivity index (χ0) is 18.2. The molecule has 0 aliphatic carbocycles. The molecule has 2 rings (SSSR count). The summed E-state index contributed by atoms with van der Waals surface area (Å²) in [6.45, 7) is 8.21. The molecule has 3 amide bonds. The molecule has 1 aliphatic rings. The highest BCUT2D eigenvalue weighted by atomic mass is 16.5. The van der Waals surface area contributed by atoms with Crippen LogP contribution >= 0.6 is 0 Å². The summed E-state index contributed by atoms with van der Waals surface area (Å²) in [4.78, 5) is 27.6. The average Bonchev–Trinajstić information content (AvgIpc) is 2.60. The van der Waals surface area contributed by atoms with Crippen molar-refractivity contribution in [2.24, 2.45) is 0 Å². The fraction of sp³-hybridized carbons (Fsp3) is 0.444. The minimum Gasteiger partial charge on any atom is -0.489 e. The Bertz CT molecular complexity index is 625. The number of nitrogens with one attached hydrogen (secondary N) is 1. The normalized spacial score (nSPS) is 14.2. The number of urea groups is 1. The van der Waals surface area contributed by atoms with E-state index in [1.807, 2.05) is 25.1 Å². The van der Waals surface area contributed by atoms with Gasteiger partial charge in [0.1, 0.15) is 19.0 Å². The van der Waals surface area contributed by atoms with Gasteiger partial charge in [-0.1, -0.05) is 12.6 Å². The maximum atomic E-state index is 12.4. The Morgan fingerprint density at radius 1 is 1.16 bits per heavy atom.